The number of ether oxygens (including phenoxy) is 3. The molecule has 0 radical (unpaired) electrons. The van der Waals surface area contributed by atoms with Gasteiger partial charge in [-0.1, -0.05) is 59.7 Å². The Morgan fingerprint density at radius 2 is 1.51 bits per heavy atom. The fourth-order valence-corrected chi connectivity index (χ4v) is 10.1. The van der Waals surface area contributed by atoms with Crippen molar-refractivity contribution in [3.8, 4) is 17.2 Å². The Hall–Kier alpha value is -6.14. The topological polar surface area (TPSA) is 138 Å². The van der Waals surface area contributed by atoms with Gasteiger partial charge >= 0.3 is 0 Å². The predicted octanol–water partition coefficient (Wildman–Crippen LogP) is 5.74. The van der Waals surface area contributed by atoms with Gasteiger partial charge in [-0.25, -0.2) is 0 Å². The predicted molar refractivity (Wildman–Crippen MR) is 212 cm³/mol. The van der Waals surface area contributed by atoms with E-state index in [9.17, 15) is 14.7 Å². The zero-order chi connectivity index (χ0) is 39.6. The summed E-state index contributed by atoms with van der Waals surface area (Å²) in [5.74, 6) is -5.25. The first-order valence-electron chi connectivity index (χ1n) is 19.4. The van der Waals surface area contributed by atoms with Crippen LogP contribution in [-0.2, 0) is 29.3 Å². The highest BCUT2D eigenvalue weighted by Crippen LogP contribution is 2.66. The van der Waals surface area contributed by atoms with Gasteiger partial charge < -0.3 is 24.2 Å². The second kappa shape index (κ2) is 14.1. The number of nitrogens with zero attached hydrogens (tertiary/aromatic N) is 3. The molecule has 292 valence electrons. The van der Waals surface area contributed by atoms with Gasteiger partial charge in [0.1, 0.15) is 17.2 Å². The number of hydrazine groups is 1. The first-order valence-corrected chi connectivity index (χ1v) is 19.4. The molecule has 4 fully saturated rings. The number of allylic oxidation sites excluding steroid dienone is 2. The Labute approximate surface area is 330 Å². The summed E-state index contributed by atoms with van der Waals surface area (Å²) in [4.78, 5) is 63.1. The Morgan fingerprint density at radius 1 is 0.807 bits per heavy atom. The summed E-state index contributed by atoms with van der Waals surface area (Å²) in [7, 11) is 2.96. The van der Waals surface area contributed by atoms with Gasteiger partial charge in [0, 0.05) is 42.4 Å². The maximum atomic E-state index is 15.5. The van der Waals surface area contributed by atoms with Crippen LogP contribution in [0.1, 0.15) is 35.4 Å². The average Bonchev–Trinajstić information content (AvgIpc) is 3.62. The summed E-state index contributed by atoms with van der Waals surface area (Å²) in [6, 6.07) is 27.2. The van der Waals surface area contributed by atoms with E-state index in [2.05, 4.69) is 10.3 Å². The van der Waals surface area contributed by atoms with Gasteiger partial charge in [-0.3, -0.25) is 29.5 Å². The van der Waals surface area contributed by atoms with Gasteiger partial charge in [0.25, 0.3) is 11.8 Å². The molecule has 3 saturated heterocycles. The molecule has 6 unspecified atom stereocenters. The average molecular weight is 769 g/mol. The molecule has 9 rings (SSSR count). The fraction of sp³-hybridized carbons (Fsp3) is 0.333. The summed E-state index contributed by atoms with van der Waals surface area (Å²) in [6.45, 7) is 4.72. The quantitative estimate of drug-likeness (QED) is 0.169. The van der Waals surface area contributed by atoms with E-state index < -0.39 is 46.8 Å². The van der Waals surface area contributed by atoms with Crippen LogP contribution in [0, 0.1) is 30.6 Å². The van der Waals surface area contributed by atoms with Gasteiger partial charge in [-0.15, -0.1) is 0 Å². The van der Waals surface area contributed by atoms with E-state index in [0.717, 1.165) is 29.3 Å². The number of morpholine rings is 1. The molecule has 12 heteroatoms. The SMILES string of the molecule is COc1cc(O)c(C2C3=CCC4C(=O)N(c5ccc(N6CCOCC6)cc5)C(=O)C4C3CC3C(=O)N(Nc4ccc(C)cc4)C(=O)C32c2ccccc2)c(OC)c1. The number of aromatic hydroxyl groups is 1. The summed E-state index contributed by atoms with van der Waals surface area (Å²) < 4.78 is 17.0. The Kier molecular flexibility index (Phi) is 9.03. The van der Waals surface area contributed by atoms with Gasteiger partial charge in [0.15, 0.2) is 0 Å². The van der Waals surface area contributed by atoms with Crippen LogP contribution in [0.3, 0.4) is 0 Å². The van der Waals surface area contributed by atoms with Crippen LogP contribution in [0.2, 0.25) is 0 Å². The second-order valence-corrected chi connectivity index (χ2v) is 15.5. The molecule has 4 amide bonds. The summed E-state index contributed by atoms with van der Waals surface area (Å²) >= 11 is 0. The highest BCUT2D eigenvalue weighted by Gasteiger charge is 2.71. The molecule has 5 aliphatic rings. The third-order valence-corrected chi connectivity index (χ3v) is 12.7. The lowest BCUT2D eigenvalue weighted by atomic mass is 9.49. The van der Waals surface area contributed by atoms with E-state index in [1.54, 1.807) is 18.2 Å². The molecule has 3 heterocycles. The van der Waals surface area contributed by atoms with E-state index in [0.29, 0.717) is 47.0 Å². The number of fused-ring (bicyclic) bond motifs is 4. The summed E-state index contributed by atoms with van der Waals surface area (Å²) in [5.41, 5.74) is 6.16. The number of nitrogens with one attached hydrogen (secondary N) is 1. The number of carbonyl (C=O) groups is 4. The number of rotatable bonds is 8. The minimum absolute atomic E-state index is 0.122. The van der Waals surface area contributed by atoms with E-state index >= 15 is 9.59 Å². The Balaban J connectivity index is 1.19. The smallest absolute Gasteiger partial charge is 0.260 e. The molecule has 0 bridgehead atoms. The van der Waals surface area contributed by atoms with E-state index in [4.69, 9.17) is 14.2 Å². The lowest BCUT2D eigenvalue weighted by molar-refractivity contribution is -0.138. The molecule has 2 N–H and O–H groups in total. The lowest BCUT2D eigenvalue weighted by Gasteiger charge is -2.50. The molecule has 0 aromatic heterocycles. The normalized spacial score (nSPS) is 26.8. The molecule has 4 aromatic carbocycles. The highest BCUT2D eigenvalue weighted by molar-refractivity contribution is 6.22. The number of amides is 4. The molecule has 4 aromatic rings. The van der Waals surface area contributed by atoms with Crippen LogP contribution in [0.4, 0.5) is 17.1 Å². The van der Waals surface area contributed by atoms with Crippen LogP contribution in [0.15, 0.2) is 103 Å². The van der Waals surface area contributed by atoms with E-state index in [-0.39, 0.29) is 36.2 Å². The number of anilines is 3. The van der Waals surface area contributed by atoms with Crippen molar-refractivity contribution >= 4 is 40.7 Å². The first-order chi connectivity index (χ1) is 27.7. The number of imide groups is 2. The van der Waals surface area contributed by atoms with Crippen molar-refractivity contribution in [1.82, 2.24) is 5.01 Å². The lowest BCUT2D eigenvalue weighted by Crippen LogP contribution is -2.53. The second-order valence-electron chi connectivity index (χ2n) is 15.5. The molecule has 3 aliphatic heterocycles. The molecule has 2 aliphatic carbocycles. The minimum atomic E-state index is -1.58. The number of carbonyl (C=O) groups excluding carboxylic acids is 4. The van der Waals surface area contributed by atoms with Crippen molar-refractivity contribution in [2.45, 2.75) is 31.1 Å². The Morgan fingerprint density at radius 3 is 2.19 bits per heavy atom. The number of hydrogen-bond donors (Lipinski definition) is 2. The third kappa shape index (κ3) is 5.60. The molecular weight excluding hydrogens is 725 g/mol. The van der Waals surface area contributed by atoms with E-state index in [1.165, 1.54) is 25.2 Å². The van der Waals surface area contributed by atoms with Crippen molar-refractivity contribution in [1.29, 1.82) is 0 Å². The molecule has 12 nitrogen and oxygen atoms in total. The number of phenols is 1. The first kappa shape index (κ1) is 36.5. The standard InChI is InChI=1S/C45H44N4O8/c1-26-9-11-28(12-10-26)46-49-42(52)35-25-34-32(17-18-33-38(34)43(53)48(41(33)51)30-15-13-29(14-16-30)47-19-21-57-22-20-47)40(39-36(50)23-31(55-2)24-37(39)56-3)45(35,44(49)54)27-7-5-4-6-8-27/h4-17,23-24,33-35,38,40,46,50H,18-22,25H2,1-3H3. The van der Waals surface area contributed by atoms with Crippen molar-refractivity contribution in [2.24, 2.45) is 23.7 Å². The van der Waals surface area contributed by atoms with Crippen molar-refractivity contribution in [3.63, 3.8) is 0 Å². The fourth-order valence-electron chi connectivity index (χ4n) is 10.1. The number of hydrogen-bond acceptors (Lipinski definition) is 10. The van der Waals surface area contributed by atoms with Crippen molar-refractivity contribution < 1.29 is 38.5 Å². The number of benzene rings is 4. The third-order valence-electron chi connectivity index (χ3n) is 12.7. The molecule has 57 heavy (non-hydrogen) atoms. The van der Waals surface area contributed by atoms with Gasteiger partial charge in [-0.2, -0.15) is 5.01 Å². The van der Waals surface area contributed by atoms with Crippen LogP contribution < -0.4 is 24.7 Å². The highest BCUT2D eigenvalue weighted by atomic mass is 16.5. The number of phenolic OH excluding ortho intramolecular Hbond substituents is 1. The number of methoxy groups -OCH3 is 2. The summed E-state index contributed by atoms with van der Waals surface area (Å²) in [6.07, 6.45) is 2.32. The molecule has 1 saturated carbocycles. The molecule has 6 atom stereocenters. The maximum absolute atomic E-state index is 15.5. The monoisotopic (exact) mass is 768 g/mol. The van der Waals surface area contributed by atoms with Crippen LogP contribution >= 0.6 is 0 Å². The van der Waals surface area contributed by atoms with E-state index in [1.807, 2.05) is 79.7 Å². The summed E-state index contributed by atoms with van der Waals surface area (Å²) in [5, 5.41) is 13.1. The largest absolute Gasteiger partial charge is 0.507 e. The zero-order valence-electron chi connectivity index (χ0n) is 32.0. The maximum Gasteiger partial charge on any atom is 0.260 e. The van der Waals surface area contributed by atoms with Gasteiger partial charge in [-0.05, 0) is 67.6 Å². The van der Waals surface area contributed by atoms with Crippen LogP contribution in [0.25, 0.3) is 0 Å². The molecular formula is C45H44N4O8. The zero-order valence-corrected chi connectivity index (χ0v) is 32.0. The Bertz CT molecular complexity index is 2290. The van der Waals surface area contributed by atoms with Gasteiger partial charge in [0.2, 0.25) is 11.8 Å². The number of aryl methyl sites for hydroxylation is 1. The minimum Gasteiger partial charge on any atom is -0.507 e. The van der Waals surface area contributed by atoms with Gasteiger partial charge in [0.05, 0.1) is 62.0 Å². The van der Waals surface area contributed by atoms with Crippen LogP contribution in [-0.4, -0.2) is 74.3 Å². The van der Waals surface area contributed by atoms with Crippen molar-refractivity contribution in [2.75, 3.05) is 55.7 Å². The molecule has 0 spiro atoms. The van der Waals surface area contributed by atoms with Crippen molar-refractivity contribution in [3.05, 3.63) is 119 Å². The van der Waals surface area contributed by atoms with Crippen LogP contribution in [0.5, 0.6) is 17.2 Å².